The van der Waals surface area contributed by atoms with Crippen molar-refractivity contribution in [1.82, 2.24) is 0 Å². The molecule has 1 aromatic rings. The van der Waals surface area contributed by atoms with Crippen molar-refractivity contribution in [3.8, 4) is 0 Å². The number of hydrogen-bond acceptors (Lipinski definition) is 0. The minimum absolute atomic E-state index is 0.520. The highest BCUT2D eigenvalue weighted by atomic mass is 28.3. The number of aryl methyl sites for hydroxylation is 1. The maximum absolute atomic E-state index is 2.35. The normalized spacial score (nSPS) is 15.4. The molecule has 1 aliphatic heterocycles. The molecule has 0 unspecified atom stereocenters. The third-order valence-corrected chi connectivity index (χ3v) is 5.30. The molecule has 1 aromatic carbocycles. The number of hydrogen-bond donors (Lipinski definition) is 0. The highest BCUT2D eigenvalue weighted by Crippen LogP contribution is 2.12. The van der Waals surface area contributed by atoms with E-state index in [0.29, 0.717) is 0 Å². The molecular weight excluding hydrogens is 184 g/mol. The number of benzene rings is 1. The van der Waals surface area contributed by atoms with Crippen molar-refractivity contribution >= 4 is 14.0 Å². The van der Waals surface area contributed by atoms with E-state index in [1.165, 1.54) is 16.7 Å². The Balaban J connectivity index is 2.49. The van der Waals surface area contributed by atoms with Crippen LogP contribution in [-0.4, -0.2) is 8.80 Å². The molecule has 1 heteroatoms. The highest BCUT2D eigenvalue weighted by molar-refractivity contribution is 6.83. The average Bonchev–Trinajstić information content (AvgIpc) is 2.67. The van der Waals surface area contributed by atoms with E-state index >= 15 is 0 Å². The van der Waals surface area contributed by atoms with Gasteiger partial charge in [-0.2, -0.15) is 0 Å². The van der Waals surface area contributed by atoms with Crippen LogP contribution in [0.3, 0.4) is 0 Å². The quantitative estimate of drug-likeness (QED) is 0.610. The molecule has 0 bridgehead atoms. The fourth-order valence-electron chi connectivity index (χ4n) is 1.82. The maximum Gasteiger partial charge on any atom is 0.139 e. The van der Waals surface area contributed by atoms with Crippen LogP contribution in [0.4, 0.5) is 0 Å². The van der Waals surface area contributed by atoms with Crippen molar-refractivity contribution in [3.05, 3.63) is 52.4 Å². The standard InChI is InChI=1S/C13H15Si/c1-10-6-7-13(12(3)11(10)2)14-8-4-5-9-14/h4-9H,1-3H3. The molecule has 14 heavy (non-hydrogen) atoms. The molecule has 0 aliphatic carbocycles. The van der Waals surface area contributed by atoms with E-state index in [1.54, 1.807) is 5.19 Å². The Kier molecular flexibility index (Phi) is 2.42. The Bertz CT molecular complexity index is 401. The van der Waals surface area contributed by atoms with Gasteiger partial charge in [-0.1, -0.05) is 35.7 Å². The SMILES string of the molecule is Cc1ccc([Si]2C=CC=C2)c(C)c1C. The largest absolute Gasteiger partial charge is 0.139 e. The van der Waals surface area contributed by atoms with Crippen LogP contribution in [-0.2, 0) is 0 Å². The molecule has 71 valence electrons. The highest BCUT2D eigenvalue weighted by Gasteiger charge is 2.13. The van der Waals surface area contributed by atoms with Gasteiger partial charge in [0, 0.05) is 0 Å². The summed E-state index contributed by atoms with van der Waals surface area (Å²) in [5.74, 6) is 0. The maximum atomic E-state index is 2.35. The zero-order valence-corrected chi connectivity index (χ0v) is 9.96. The number of allylic oxidation sites excluding steroid dienone is 2. The molecule has 0 aromatic heterocycles. The molecule has 1 heterocycles. The summed E-state index contributed by atoms with van der Waals surface area (Å²) in [6, 6.07) is 4.54. The van der Waals surface area contributed by atoms with Crippen molar-refractivity contribution in [1.29, 1.82) is 0 Å². The van der Waals surface area contributed by atoms with Crippen LogP contribution in [0.25, 0.3) is 0 Å². The summed E-state index contributed by atoms with van der Waals surface area (Å²) in [4.78, 5) is 0. The zero-order chi connectivity index (χ0) is 10.1. The van der Waals surface area contributed by atoms with E-state index in [1.807, 2.05) is 0 Å². The van der Waals surface area contributed by atoms with E-state index in [2.05, 4.69) is 56.5 Å². The first-order chi connectivity index (χ1) is 6.70. The molecule has 0 amide bonds. The first-order valence-corrected chi connectivity index (χ1v) is 6.64. The van der Waals surface area contributed by atoms with E-state index in [-0.39, 0.29) is 0 Å². The molecule has 2 rings (SSSR count). The van der Waals surface area contributed by atoms with Crippen LogP contribution in [0.1, 0.15) is 16.7 Å². The Morgan fingerprint density at radius 2 is 1.50 bits per heavy atom. The minimum Gasteiger partial charge on any atom is -0.0877 e. The van der Waals surface area contributed by atoms with Crippen molar-refractivity contribution in [3.63, 3.8) is 0 Å². The molecule has 0 spiro atoms. The van der Waals surface area contributed by atoms with Gasteiger partial charge in [0.1, 0.15) is 8.80 Å². The van der Waals surface area contributed by atoms with Gasteiger partial charge in [-0.25, -0.2) is 0 Å². The molecule has 0 saturated heterocycles. The zero-order valence-electron chi connectivity index (χ0n) is 8.96. The summed E-state index contributed by atoms with van der Waals surface area (Å²) in [6.07, 6.45) is 4.34. The average molecular weight is 199 g/mol. The fourth-order valence-corrected chi connectivity index (χ4v) is 3.83. The smallest absolute Gasteiger partial charge is 0.0877 e. The molecule has 0 nitrogen and oxygen atoms in total. The second kappa shape index (κ2) is 3.58. The third kappa shape index (κ3) is 1.48. The summed E-state index contributed by atoms with van der Waals surface area (Å²) in [5, 5.41) is 1.54. The van der Waals surface area contributed by atoms with Gasteiger partial charge in [0.25, 0.3) is 0 Å². The number of rotatable bonds is 1. The van der Waals surface area contributed by atoms with Crippen molar-refractivity contribution in [2.45, 2.75) is 20.8 Å². The van der Waals surface area contributed by atoms with Gasteiger partial charge in [0.05, 0.1) is 0 Å². The van der Waals surface area contributed by atoms with E-state index < -0.39 is 8.80 Å². The van der Waals surface area contributed by atoms with Crippen LogP contribution >= 0.6 is 0 Å². The molecule has 0 fully saturated rings. The van der Waals surface area contributed by atoms with Gasteiger partial charge >= 0.3 is 0 Å². The van der Waals surface area contributed by atoms with Crippen LogP contribution in [0.2, 0.25) is 0 Å². The van der Waals surface area contributed by atoms with Gasteiger partial charge in [-0.05, 0) is 42.6 Å². The molecule has 0 atom stereocenters. The van der Waals surface area contributed by atoms with Crippen LogP contribution in [0.15, 0.2) is 35.7 Å². The molecule has 0 N–H and O–H groups in total. The van der Waals surface area contributed by atoms with Gasteiger partial charge in [0.2, 0.25) is 0 Å². The van der Waals surface area contributed by atoms with Crippen LogP contribution < -0.4 is 5.19 Å². The predicted molar refractivity (Wildman–Crippen MR) is 64.3 cm³/mol. The third-order valence-electron chi connectivity index (χ3n) is 3.03. The van der Waals surface area contributed by atoms with E-state index in [9.17, 15) is 0 Å². The summed E-state index contributed by atoms with van der Waals surface area (Å²) in [5.41, 5.74) is 9.03. The first-order valence-electron chi connectivity index (χ1n) is 4.99. The van der Waals surface area contributed by atoms with Crippen molar-refractivity contribution in [2.75, 3.05) is 0 Å². The second-order valence-electron chi connectivity index (χ2n) is 3.85. The predicted octanol–water partition coefficient (Wildman–Crippen LogP) is 2.52. The second-order valence-corrected chi connectivity index (χ2v) is 5.97. The summed E-state index contributed by atoms with van der Waals surface area (Å²) in [6.45, 7) is 6.65. The molecular formula is C13H15Si. The van der Waals surface area contributed by atoms with Gasteiger partial charge < -0.3 is 0 Å². The molecule has 1 aliphatic rings. The van der Waals surface area contributed by atoms with Crippen LogP contribution in [0, 0.1) is 20.8 Å². The fraction of sp³-hybridized carbons (Fsp3) is 0.231. The Hall–Kier alpha value is -1.08. The Labute approximate surface area is 87.6 Å². The first kappa shape index (κ1) is 9.47. The molecule has 1 radical (unpaired) electrons. The Morgan fingerprint density at radius 1 is 0.857 bits per heavy atom. The van der Waals surface area contributed by atoms with Gasteiger partial charge in [-0.15, -0.1) is 0 Å². The lowest BCUT2D eigenvalue weighted by Crippen LogP contribution is -2.28. The lowest BCUT2D eigenvalue weighted by Gasteiger charge is -2.12. The minimum atomic E-state index is -0.520. The van der Waals surface area contributed by atoms with E-state index in [4.69, 9.17) is 0 Å². The summed E-state index contributed by atoms with van der Waals surface area (Å²) in [7, 11) is -0.520. The monoisotopic (exact) mass is 199 g/mol. The summed E-state index contributed by atoms with van der Waals surface area (Å²) >= 11 is 0. The van der Waals surface area contributed by atoms with Gasteiger partial charge in [0.15, 0.2) is 0 Å². The topological polar surface area (TPSA) is 0 Å². The molecule has 0 saturated carbocycles. The lowest BCUT2D eigenvalue weighted by atomic mass is 10.1. The van der Waals surface area contributed by atoms with Crippen LogP contribution in [0.5, 0.6) is 0 Å². The van der Waals surface area contributed by atoms with Crippen molar-refractivity contribution in [2.24, 2.45) is 0 Å². The van der Waals surface area contributed by atoms with Gasteiger partial charge in [-0.3, -0.25) is 0 Å². The lowest BCUT2D eigenvalue weighted by molar-refractivity contribution is 1.28. The van der Waals surface area contributed by atoms with E-state index in [0.717, 1.165) is 0 Å². The Morgan fingerprint density at radius 3 is 2.14 bits per heavy atom. The summed E-state index contributed by atoms with van der Waals surface area (Å²) < 4.78 is 0. The van der Waals surface area contributed by atoms with Crippen molar-refractivity contribution < 1.29 is 0 Å².